The fourth-order valence-electron chi connectivity index (χ4n) is 4.60. The summed E-state index contributed by atoms with van der Waals surface area (Å²) in [5, 5.41) is 11.4. The molecule has 0 radical (unpaired) electrons. The van der Waals surface area contributed by atoms with Crippen LogP contribution in [0.15, 0.2) is 42.6 Å². The molecule has 3 aliphatic rings. The summed E-state index contributed by atoms with van der Waals surface area (Å²) in [6.45, 7) is 6.05. The van der Waals surface area contributed by atoms with Crippen LogP contribution in [0.1, 0.15) is 18.4 Å². The zero-order valence-corrected chi connectivity index (χ0v) is 14.5. The molecule has 25 heavy (non-hydrogen) atoms. The molecule has 5 nitrogen and oxygen atoms in total. The minimum absolute atomic E-state index is 0.0824. The monoisotopic (exact) mass is 340 g/mol. The molecule has 0 amide bonds. The molecular formula is C20H24N2O3. The van der Waals surface area contributed by atoms with E-state index in [9.17, 15) is 9.90 Å². The maximum Gasteiger partial charge on any atom is 0.418 e. The van der Waals surface area contributed by atoms with Gasteiger partial charge in [0.15, 0.2) is 0 Å². The van der Waals surface area contributed by atoms with E-state index >= 15 is 0 Å². The SMILES string of the molecule is C=C1C[C@H]2C[C@H](O)[C@@H]1N(CCc1cn(C(=O)OC)c3ccccc13)C2. The second-order valence-electron chi connectivity index (χ2n) is 7.23. The Morgan fingerprint density at radius 3 is 2.92 bits per heavy atom. The first kappa shape index (κ1) is 16.4. The van der Waals surface area contributed by atoms with Crippen LogP contribution in [-0.2, 0) is 11.2 Å². The maximum absolute atomic E-state index is 12.0. The van der Waals surface area contributed by atoms with Crippen molar-refractivity contribution in [3.8, 4) is 0 Å². The van der Waals surface area contributed by atoms with Crippen molar-refractivity contribution in [1.82, 2.24) is 9.47 Å². The van der Waals surface area contributed by atoms with Crippen molar-refractivity contribution in [3.05, 3.63) is 48.2 Å². The third kappa shape index (κ3) is 2.77. The lowest BCUT2D eigenvalue weighted by molar-refractivity contribution is -0.0232. The maximum atomic E-state index is 12.0. The van der Waals surface area contributed by atoms with Crippen molar-refractivity contribution >= 4 is 17.0 Å². The van der Waals surface area contributed by atoms with Crippen molar-refractivity contribution in [2.75, 3.05) is 20.2 Å². The van der Waals surface area contributed by atoms with Gasteiger partial charge in [0, 0.05) is 24.7 Å². The smallest absolute Gasteiger partial charge is 0.418 e. The first-order chi connectivity index (χ1) is 12.1. The number of ether oxygens (including phenoxy) is 1. The minimum atomic E-state index is -0.372. The molecule has 3 fully saturated rings. The van der Waals surface area contributed by atoms with Gasteiger partial charge >= 0.3 is 6.09 Å². The molecule has 1 saturated carbocycles. The Balaban J connectivity index is 1.57. The summed E-state index contributed by atoms with van der Waals surface area (Å²) in [5.41, 5.74) is 3.16. The summed E-state index contributed by atoms with van der Waals surface area (Å²) in [6, 6.07) is 7.97. The molecule has 0 spiro atoms. The molecule has 2 aliphatic heterocycles. The van der Waals surface area contributed by atoms with E-state index in [0.29, 0.717) is 5.92 Å². The van der Waals surface area contributed by atoms with Gasteiger partial charge in [-0.25, -0.2) is 4.79 Å². The number of carbonyl (C=O) groups excluding carboxylic acids is 1. The Labute approximate surface area is 147 Å². The van der Waals surface area contributed by atoms with E-state index in [1.54, 1.807) is 4.57 Å². The van der Waals surface area contributed by atoms with Gasteiger partial charge in [-0.2, -0.15) is 0 Å². The number of rotatable bonds is 3. The summed E-state index contributed by atoms with van der Waals surface area (Å²) >= 11 is 0. The molecule has 3 heterocycles. The molecule has 132 valence electrons. The van der Waals surface area contributed by atoms with E-state index in [4.69, 9.17) is 4.74 Å². The van der Waals surface area contributed by atoms with Gasteiger partial charge in [0.2, 0.25) is 0 Å². The second-order valence-corrected chi connectivity index (χ2v) is 7.23. The number of carbonyl (C=O) groups is 1. The average Bonchev–Trinajstić information content (AvgIpc) is 2.97. The number of methoxy groups -OCH3 is 1. The zero-order valence-electron chi connectivity index (χ0n) is 14.5. The molecular weight excluding hydrogens is 316 g/mol. The molecule has 2 saturated heterocycles. The standard InChI is InChI=1S/C20H24N2O3/c1-13-9-14-10-18(23)19(13)21(11-14)8-7-15-12-22(20(24)25-2)17-6-4-3-5-16(15)17/h3-6,12,14,18-19,23H,1,7-11H2,2H3/t14-,18-,19+/m0/s1. The Bertz CT molecular complexity index is 825. The second kappa shape index (κ2) is 6.32. The molecule has 1 aromatic carbocycles. The van der Waals surface area contributed by atoms with Crippen LogP contribution in [0.2, 0.25) is 0 Å². The van der Waals surface area contributed by atoms with Gasteiger partial charge < -0.3 is 9.84 Å². The van der Waals surface area contributed by atoms with E-state index in [-0.39, 0.29) is 18.2 Å². The third-order valence-electron chi connectivity index (χ3n) is 5.63. The van der Waals surface area contributed by atoms with E-state index in [2.05, 4.69) is 11.5 Å². The summed E-state index contributed by atoms with van der Waals surface area (Å²) in [4.78, 5) is 14.4. The molecule has 1 aliphatic carbocycles. The van der Waals surface area contributed by atoms with Crippen molar-refractivity contribution < 1.29 is 14.6 Å². The molecule has 0 unspecified atom stereocenters. The predicted molar refractivity (Wildman–Crippen MR) is 96.7 cm³/mol. The molecule has 5 heteroatoms. The highest BCUT2D eigenvalue weighted by molar-refractivity contribution is 5.91. The minimum Gasteiger partial charge on any atom is -0.452 e. The van der Waals surface area contributed by atoms with E-state index in [0.717, 1.165) is 54.4 Å². The summed E-state index contributed by atoms with van der Waals surface area (Å²) in [7, 11) is 1.40. The summed E-state index contributed by atoms with van der Waals surface area (Å²) in [6.07, 6.45) is 3.97. The Kier molecular flexibility index (Phi) is 4.13. The molecule has 2 aromatic rings. The highest BCUT2D eigenvalue weighted by atomic mass is 16.5. The number of aliphatic hydroxyl groups excluding tert-OH is 1. The van der Waals surface area contributed by atoms with Gasteiger partial charge in [-0.3, -0.25) is 9.47 Å². The summed E-state index contributed by atoms with van der Waals surface area (Å²) in [5.74, 6) is 0.518. The Morgan fingerprint density at radius 1 is 1.40 bits per heavy atom. The number of aliphatic hydroxyl groups is 1. The average molecular weight is 340 g/mol. The topological polar surface area (TPSA) is 54.7 Å². The molecule has 1 N–H and O–H groups in total. The van der Waals surface area contributed by atoms with Gasteiger partial charge in [-0.05, 0) is 36.8 Å². The van der Waals surface area contributed by atoms with Crippen molar-refractivity contribution in [2.45, 2.75) is 31.4 Å². The van der Waals surface area contributed by atoms with Gasteiger partial charge in [0.05, 0.1) is 24.8 Å². The van der Waals surface area contributed by atoms with Crippen LogP contribution < -0.4 is 0 Å². The highest BCUT2D eigenvalue weighted by Gasteiger charge is 2.41. The van der Waals surface area contributed by atoms with Crippen LogP contribution in [-0.4, -0.2) is 53.0 Å². The number of hydrogen-bond donors (Lipinski definition) is 1. The lowest BCUT2D eigenvalue weighted by Gasteiger charge is -2.49. The lowest BCUT2D eigenvalue weighted by atomic mass is 9.75. The molecule has 2 bridgehead atoms. The van der Waals surface area contributed by atoms with Gasteiger partial charge in [-0.1, -0.05) is 30.4 Å². The first-order valence-corrected chi connectivity index (χ1v) is 8.85. The predicted octanol–water partition coefficient (Wildman–Crippen LogP) is 2.81. The van der Waals surface area contributed by atoms with Crippen LogP contribution in [0.5, 0.6) is 0 Å². The number of benzene rings is 1. The molecule has 3 atom stereocenters. The van der Waals surface area contributed by atoms with Gasteiger partial charge in [-0.15, -0.1) is 0 Å². The zero-order chi connectivity index (χ0) is 17.6. The van der Waals surface area contributed by atoms with E-state index < -0.39 is 0 Å². The third-order valence-corrected chi connectivity index (χ3v) is 5.63. The fraction of sp³-hybridized carbons (Fsp3) is 0.450. The Hall–Kier alpha value is -2.11. The normalized spacial score (nSPS) is 26.3. The first-order valence-electron chi connectivity index (χ1n) is 8.85. The molecule has 5 rings (SSSR count). The van der Waals surface area contributed by atoms with Gasteiger partial charge in [0.25, 0.3) is 0 Å². The fourth-order valence-corrected chi connectivity index (χ4v) is 4.60. The highest BCUT2D eigenvalue weighted by Crippen LogP contribution is 2.38. The van der Waals surface area contributed by atoms with E-state index in [1.807, 2.05) is 30.5 Å². The number of piperidine rings is 2. The number of nitrogens with zero attached hydrogens (tertiary/aromatic N) is 2. The van der Waals surface area contributed by atoms with Gasteiger partial charge in [0.1, 0.15) is 0 Å². The lowest BCUT2D eigenvalue weighted by Crippen LogP contribution is -2.57. The van der Waals surface area contributed by atoms with Crippen LogP contribution >= 0.6 is 0 Å². The van der Waals surface area contributed by atoms with Crippen LogP contribution in [0.25, 0.3) is 10.9 Å². The number of aromatic nitrogens is 1. The van der Waals surface area contributed by atoms with Crippen molar-refractivity contribution in [1.29, 1.82) is 0 Å². The Morgan fingerprint density at radius 2 is 2.20 bits per heavy atom. The van der Waals surface area contributed by atoms with E-state index in [1.165, 1.54) is 7.11 Å². The van der Waals surface area contributed by atoms with Crippen LogP contribution in [0.4, 0.5) is 4.79 Å². The molecule has 1 aromatic heterocycles. The number of fused-ring (bicyclic) bond motifs is 4. The number of para-hydroxylation sites is 1. The van der Waals surface area contributed by atoms with Crippen LogP contribution in [0, 0.1) is 5.92 Å². The van der Waals surface area contributed by atoms with Crippen molar-refractivity contribution in [2.24, 2.45) is 5.92 Å². The number of hydrogen-bond acceptors (Lipinski definition) is 4. The van der Waals surface area contributed by atoms with Crippen LogP contribution in [0.3, 0.4) is 0 Å². The van der Waals surface area contributed by atoms with Crippen molar-refractivity contribution in [3.63, 3.8) is 0 Å². The quantitative estimate of drug-likeness (QED) is 0.873. The summed E-state index contributed by atoms with van der Waals surface area (Å²) < 4.78 is 6.46. The largest absolute Gasteiger partial charge is 0.452 e.